The minimum Gasteiger partial charge on any atom is -0.484 e. The van der Waals surface area contributed by atoms with Crippen molar-refractivity contribution in [1.29, 1.82) is 0 Å². The number of rotatable bonds is 9. The predicted octanol–water partition coefficient (Wildman–Crippen LogP) is 3.20. The summed E-state index contributed by atoms with van der Waals surface area (Å²) in [5.41, 5.74) is 3.70. The molecule has 1 aliphatic heterocycles. The van der Waals surface area contributed by atoms with E-state index in [1.54, 1.807) is 23.3 Å². The van der Waals surface area contributed by atoms with E-state index in [2.05, 4.69) is 15.5 Å². The van der Waals surface area contributed by atoms with Crippen LogP contribution in [0.5, 0.6) is 5.75 Å². The average molecular weight is 468 g/mol. The third-order valence-corrected chi connectivity index (χ3v) is 6.06. The molecule has 0 saturated carbocycles. The normalized spacial score (nSPS) is 13.4. The van der Waals surface area contributed by atoms with Crippen molar-refractivity contribution < 1.29 is 14.3 Å². The van der Waals surface area contributed by atoms with E-state index < -0.39 is 0 Å². The Morgan fingerprint density at radius 1 is 0.971 bits per heavy atom. The smallest absolute Gasteiger partial charge is 0.257 e. The highest BCUT2D eigenvalue weighted by molar-refractivity contribution is 5.98. The number of nitrogens with one attached hydrogen (secondary N) is 1. The van der Waals surface area contributed by atoms with Crippen LogP contribution in [0.1, 0.15) is 27.4 Å². The molecule has 2 heterocycles. The first-order chi connectivity index (χ1) is 17.2. The van der Waals surface area contributed by atoms with Crippen molar-refractivity contribution in [3.8, 4) is 11.4 Å². The summed E-state index contributed by atoms with van der Waals surface area (Å²) in [5, 5.41) is 10.6. The molecule has 2 amide bonds. The van der Waals surface area contributed by atoms with Crippen LogP contribution in [-0.2, 0) is 11.3 Å². The Morgan fingerprint density at radius 3 is 2.54 bits per heavy atom. The molecule has 0 fully saturated rings. The molecule has 0 aliphatic carbocycles. The number of benzene rings is 3. The van der Waals surface area contributed by atoms with Crippen LogP contribution < -0.4 is 10.1 Å². The van der Waals surface area contributed by atoms with Crippen LogP contribution in [0.25, 0.3) is 5.69 Å². The zero-order valence-electron chi connectivity index (χ0n) is 19.1. The van der Waals surface area contributed by atoms with Gasteiger partial charge in [-0.1, -0.05) is 54.6 Å². The van der Waals surface area contributed by atoms with Crippen LogP contribution in [0.15, 0.2) is 91.5 Å². The lowest BCUT2D eigenvalue weighted by molar-refractivity contribution is -0.123. The summed E-state index contributed by atoms with van der Waals surface area (Å²) in [5.74, 6) is 0.336. The maximum absolute atomic E-state index is 12.9. The van der Waals surface area contributed by atoms with E-state index in [0.717, 1.165) is 22.4 Å². The second-order valence-electron chi connectivity index (χ2n) is 8.41. The maximum Gasteiger partial charge on any atom is 0.257 e. The van der Waals surface area contributed by atoms with Crippen molar-refractivity contribution in [1.82, 2.24) is 25.0 Å². The van der Waals surface area contributed by atoms with E-state index in [1.165, 1.54) is 0 Å². The number of ether oxygens (including phenoxy) is 1. The fraction of sp³-hybridized carbons (Fsp3) is 0.185. The second kappa shape index (κ2) is 10.2. The molecule has 8 nitrogen and oxygen atoms in total. The minimum atomic E-state index is -0.225. The first kappa shape index (κ1) is 22.3. The summed E-state index contributed by atoms with van der Waals surface area (Å²) < 4.78 is 7.47. The second-order valence-corrected chi connectivity index (χ2v) is 8.41. The number of carbonyl (C=O) groups is 2. The Labute approximate surface area is 203 Å². The topological polar surface area (TPSA) is 89.3 Å². The van der Waals surface area contributed by atoms with Gasteiger partial charge in [-0.05, 0) is 29.3 Å². The Bertz CT molecular complexity index is 1310. The number of hydrogen-bond acceptors (Lipinski definition) is 5. The molecule has 1 unspecified atom stereocenters. The van der Waals surface area contributed by atoms with Crippen molar-refractivity contribution in [2.45, 2.75) is 12.5 Å². The molecular formula is C27H25N5O3. The van der Waals surface area contributed by atoms with E-state index in [9.17, 15) is 9.59 Å². The standard InChI is InChI=1S/C27H25N5O3/c33-26(17-35-24-11-6-10-23(13-24)32-18-29-30-19-32)28-14-22(20-7-2-1-3-8-20)16-31-15-21-9-4-5-12-25(21)27(31)34/h1-13,18-19,22H,14-17H2,(H,28,33). The fourth-order valence-electron chi connectivity index (χ4n) is 4.25. The van der Waals surface area contributed by atoms with Crippen molar-refractivity contribution in [2.24, 2.45) is 0 Å². The van der Waals surface area contributed by atoms with Gasteiger partial charge in [0.1, 0.15) is 18.4 Å². The SMILES string of the molecule is O=C(COc1cccc(-n2cnnc2)c1)NCC(CN1Cc2ccccc2C1=O)c1ccccc1. The summed E-state index contributed by atoms with van der Waals surface area (Å²) in [6.45, 7) is 1.38. The Hall–Kier alpha value is -4.46. The van der Waals surface area contributed by atoms with Crippen LogP contribution in [0.3, 0.4) is 0 Å². The molecule has 0 spiro atoms. The van der Waals surface area contributed by atoms with Gasteiger partial charge >= 0.3 is 0 Å². The zero-order valence-corrected chi connectivity index (χ0v) is 19.1. The van der Waals surface area contributed by atoms with Gasteiger partial charge in [0, 0.05) is 37.2 Å². The fourth-order valence-corrected chi connectivity index (χ4v) is 4.25. The van der Waals surface area contributed by atoms with Crippen molar-refractivity contribution in [3.63, 3.8) is 0 Å². The Morgan fingerprint density at radius 2 is 1.74 bits per heavy atom. The molecule has 5 rings (SSSR count). The summed E-state index contributed by atoms with van der Waals surface area (Å²) in [6.07, 6.45) is 3.19. The molecule has 176 valence electrons. The average Bonchev–Trinajstić information content (AvgIpc) is 3.55. The first-order valence-corrected chi connectivity index (χ1v) is 11.4. The van der Waals surface area contributed by atoms with Crippen molar-refractivity contribution in [2.75, 3.05) is 19.7 Å². The van der Waals surface area contributed by atoms with E-state index in [4.69, 9.17) is 4.74 Å². The molecule has 1 atom stereocenters. The lowest BCUT2D eigenvalue weighted by Gasteiger charge is -2.24. The summed E-state index contributed by atoms with van der Waals surface area (Å²) >= 11 is 0. The van der Waals surface area contributed by atoms with E-state index in [1.807, 2.05) is 77.7 Å². The third-order valence-electron chi connectivity index (χ3n) is 6.06. The van der Waals surface area contributed by atoms with Gasteiger partial charge in [-0.3, -0.25) is 14.2 Å². The van der Waals surface area contributed by atoms with Crippen LogP contribution in [0.2, 0.25) is 0 Å². The van der Waals surface area contributed by atoms with E-state index >= 15 is 0 Å². The summed E-state index contributed by atoms with van der Waals surface area (Å²) in [4.78, 5) is 27.3. The van der Waals surface area contributed by atoms with Crippen LogP contribution >= 0.6 is 0 Å². The van der Waals surface area contributed by atoms with Gasteiger partial charge in [0.2, 0.25) is 0 Å². The van der Waals surface area contributed by atoms with Gasteiger partial charge in [0.05, 0.1) is 5.69 Å². The highest BCUT2D eigenvalue weighted by Crippen LogP contribution is 2.26. The first-order valence-electron chi connectivity index (χ1n) is 11.4. The minimum absolute atomic E-state index is 0.0316. The van der Waals surface area contributed by atoms with Gasteiger partial charge in [0.25, 0.3) is 11.8 Å². The van der Waals surface area contributed by atoms with E-state index in [0.29, 0.717) is 25.4 Å². The Kier molecular flexibility index (Phi) is 6.52. The van der Waals surface area contributed by atoms with Crippen LogP contribution in [0, 0.1) is 0 Å². The summed E-state index contributed by atoms with van der Waals surface area (Å²) in [6, 6.07) is 25.0. The number of carbonyl (C=O) groups excluding carboxylic acids is 2. The maximum atomic E-state index is 12.9. The largest absolute Gasteiger partial charge is 0.484 e. The molecule has 3 aromatic carbocycles. The van der Waals surface area contributed by atoms with Gasteiger partial charge in [-0.15, -0.1) is 10.2 Å². The van der Waals surface area contributed by atoms with Crippen molar-refractivity contribution >= 4 is 11.8 Å². The molecule has 8 heteroatoms. The summed E-state index contributed by atoms with van der Waals surface area (Å²) in [7, 11) is 0. The van der Waals surface area contributed by atoms with Gasteiger partial charge < -0.3 is 15.0 Å². The molecule has 0 radical (unpaired) electrons. The van der Waals surface area contributed by atoms with Gasteiger partial charge in [-0.2, -0.15) is 0 Å². The van der Waals surface area contributed by atoms with Crippen LogP contribution in [0.4, 0.5) is 0 Å². The molecule has 0 bridgehead atoms. The van der Waals surface area contributed by atoms with Gasteiger partial charge in [-0.25, -0.2) is 0 Å². The zero-order chi connectivity index (χ0) is 24.0. The number of amides is 2. The third kappa shape index (κ3) is 5.22. The number of fused-ring (bicyclic) bond motifs is 1. The molecule has 4 aromatic rings. The molecule has 1 aliphatic rings. The lowest BCUT2D eigenvalue weighted by Crippen LogP contribution is -2.37. The monoisotopic (exact) mass is 467 g/mol. The number of nitrogens with zero attached hydrogens (tertiary/aromatic N) is 4. The number of hydrogen-bond donors (Lipinski definition) is 1. The molecule has 35 heavy (non-hydrogen) atoms. The Balaban J connectivity index is 1.20. The molecule has 0 saturated heterocycles. The van der Waals surface area contributed by atoms with E-state index in [-0.39, 0.29) is 24.3 Å². The quantitative estimate of drug-likeness (QED) is 0.408. The van der Waals surface area contributed by atoms with Gasteiger partial charge in [0.15, 0.2) is 6.61 Å². The molecule has 1 N–H and O–H groups in total. The lowest BCUT2D eigenvalue weighted by atomic mass is 9.98. The highest BCUT2D eigenvalue weighted by atomic mass is 16.5. The predicted molar refractivity (Wildman–Crippen MR) is 130 cm³/mol. The highest BCUT2D eigenvalue weighted by Gasteiger charge is 2.29. The molecular weight excluding hydrogens is 442 g/mol. The molecule has 1 aromatic heterocycles. The van der Waals surface area contributed by atoms with Crippen LogP contribution in [-0.4, -0.2) is 51.2 Å². The van der Waals surface area contributed by atoms with Crippen molar-refractivity contribution in [3.05, 3.63) is 108 Å². The number of aromatic nitrogens is 3.